The molecule has 4 nitrogen and oxygen atoms in total. The standard InChI is InChI=1S/C25H28ClNO3/c1-4-7-8-13-21-22(24(28)19-11-9-10-12-20(19)30-21)25(29)27-23-16(5-2)14-18(26)15-17(23)6-3/h9-12,14-15H,4-8,13H2,1-3H3,(H,27,29). The van der Waals surface area contributed by atoms with Gasteiger partial charge in [0.05, 0.1) is 5.39 Å². The summed E-state index contributed by atoms with van der Waals surface area (Å²) in [6, 6.07) is 10.8. The van der Waals surface area contributed by atoms with Crippen LogP contribution in [0.15, 0.2) is 45.6 Å². The van der Waals surface area contributed by atoms with Crippen molar-refractivity contribution in [1.29, 1.82) is 0 Å². The summed E-state index contributed by atoms with van der Waals surface area (Å²) in [7, 11) is 0. The summed E-state index contributed by atoms with van der Waals surface area (Å²) in [6.45, 7) is 6.14. The highest BCUT2D eigenvalue weighted by molar-refractivity contribution is 6.31. The molecular formula is C25H28ClNO3. The molecule has 158 valence electrons. The Morgan fingerprint density at radius 2 is 1.70 bits per heavy atom. The zero-order valence-electron chi connectivity index (χ0n) is 17.8. The van der Waals surface area contributed by atoms with Crippen LogP contribution in [0.3, 0.4) is 0 Å². The molecule has 0 unspecified atom stereocenters. The first-order valence-electron chi connectivity index (χ1n) is 10.7. The van der Waals surface area contributed by atoms with Crippen molar-refractivity contribution in [3.8, 4) is 0 Å². The lowest BCUT2D eigenvalue weighted by molar-refractivity contribution is 0.102. The molecule has 30 heavy (non-hydrogen) atoms. The van der Waals surface area contributed by atoms with Crippen molar-refractivity contribution in [2.45, 2.75) is 59.3 Å². The van der Waals surface area contributed by atoms with Crippen molar-refractivity contribution < 1.29 is 9.21 Å². The number of aryl methyl sites for hydroxylation is 3. The molecule has 0 aliphatic carbocycles. The number of benzene rings is 2. The minimum Gasteiger partial charge on any atom is -0.460 e. The molecule has 3 aromatic rings. The molecule has 0 aliphatic rings. The van der Waals surface area contributed by atoms with E-state index in [4.69, 9.17) is 16.0 Å². The summed E-state index contributed by atoms with van der Waals surface area (Å²) in [5.74, 6) is 0.0300. The number of halogens is 1. The fraction of sp³-hybridized carbons (Fsp3) is 0.360. The molecule has 1 N–H and O–H groups in total. The van der Waals surface area contributed by atoms with Gasteiger partial charge in [0, 0.05) is 17.1 Å². The highest BCUT2D eigenvalue weighted by atomic mass is 35.5. The van der Waals surface area contributed by atoms with Crippen molar-refractivity contribution >= 4 is 34.2 Å². The lowest BCUT2D eigenvalue weighted by Gasteiger charge is -2.16. The third-order valence-electron chi connectivity index (χ3n) is 5.37. The van der Waals surface area contributed by atoms with Crippen molar-refractivity contribution in [2.24, 2.45) is 0 Å². The van der Waals surface area contributed by atoms with E-state index in [1.165, 1.54) is 0 Å². The van der Waals surface area contributed by atoms with Gasteiger partial charge in [-0.2, -0.15) is 0 Å². The van der Waals surface area contributed by atoms with Crippen LogP contribution in [0.1, 0.15) is 67.3 Å². The maximum Gasteiger partial charge on any atom is 0.263 e. The quantitative estimate of drug-likeness (QED) is 0.416. The molecule has 2 aromatic carbocycles. The molecular weight excluding hydrogens is 398 g/mol. The van der Waals surface area contributed by atoms with Crippen molar-refractivity contribution in [3.63, 3.8) is 0 Å². The van der Waals surface area contributed by atoms with Crippen LogP contribution in [0.25, 0.3) is 11.0 Å². The van der Waals surface area contributed by atoms with Gasteiger partial charge in [0.15, 0.2) is 0 Å². The van der Waals surface area contributed by atoms with E-state index < -0.39 is 5.91 Å². The summed E-state index contributed by atoms with van der Waals surface area (Å²) in [5, 5.41) is 4.07. The van der Waals surface area contributed by atoms with E-state index in [0.29, 0.717) is 28.2 Å². The number of carbonyl (C=O) groups excluding carboxylic acids is 1. The van der Waals surface area contributed by atoms with Crippen molar-refractivity contribution in [1.82, 2.24) is 0 Å². The van der Waals surface area contributed by atoms with E-state index in [1.54, 1.807) is 18.2 Å². The largest absolute Gasteiger partial charge is 0.460 e. The number of fused-ring (bicyclic) bond motifs is 1. The Morgan fingerprint density at radius 1 is 1.03 bits per heavy atom. The highest BCUT2D eigenvalue weighted by Crippen LogP contribution is 2.28. The second kappa shape index (κ2) is 9.94. The molecule has 0 bridgehead atoms. The van der Waals surface area contributed by atoms with E-state index in [9.17, 15) is 9.59 Å². The molecule has 0 aliphatic heterocycles. The molecule has 0 saturated carbocycles. The Bertz CT molecular complexity index is 1090. The summed E-state index contributed by atoms with van der Waals surface area (Å²) >= 11 is 6.24. The SMILES string of the molecule is CCCCCc1oc2ccccc2c(=O)c1C(=O)Nc1c(CC)cc(Cl)cc1CC. The van der Waals surface area contributed by atoms with E-state index in [2.05, 4.69) is 12.2 Å². The summed E-state index contributed by atoms with van der Waals surface area (Å²) in [6.07, 6.45) is 4.91. The monoisotopic (exact) mass is 425 g/mol. The van der Waals surface area contributed by atoms with Crippen LogP contribution < -0.4 is 10.7 Å². The number of rotatable bonds is 8. The Balaban J connectivity index is 2.09. The van der Waals surface area contributed by atoms with Gasteiger partial charge in [0.2, 0.25) is 5.43 Å². The summed E-state index contributed by atoms with van der Waals surface area (Å²) in [4.78, 5) is 26.6. The molecule has 0 fully saturated rings. The molecule has 5 heteroatoms. The number of para-hydroxylation sites is 1. The minimum atomic E-state index is -0.423. The number of unbranched alkanes of at least 4 members (excludes halogenated alkanes) is 2. The van der Waals surface area contributed by atoms with Gasteiger partial charge in [-0.1, -0.05) is 57.3 Å². The van der Waals surface area contributed by atoms with Gasteiger partial charge < -0.3 is 9.73 Å². The Hall–Kier alpha value is -2.59. The highest BCUT2D eigenvalue weighted by Gasteiger charge is 2.22. The summed E-state index contributed by atoms with van der Waals surface area (Å²) < 4.78 is 6.03. The smallest absolute Gasteiger partial charge is 0.263 e. The Labute approximate surface area is 182 Å². The maximum absolute atomic E-state index is 13.3. The van der Waals surface area contributed by atoms with Crippen LogP contribution in [0.4, 0.5) is 5.69 Å². The number of anilines is 1. The second-order valence-corrected chi connectivity index (χ2v) is 7.88. The molecule has 3 rings (SSSR count). The minimum absolute atomic E-state index is 0.101. The van der Waals surface area contributed by atoms with Gasteiger partial charge in [0.1, 0.15) is 16.9 Å². The molecule has 0 atom stereocenters. The van der Waals surface area contributed by atoms with Crippen molar-refractivity contribution in [3.05, 3.63) is 74.1 Å². The Kier molecular flexibility index (Phi) is 7.33. The van der Waals surface area contributed by atoms with Gasteiger partial charge >= 0.3 is 0 Å². The Morgan fingerprint density at radius 3 is 2.33 bits per heavy atom. The summed E-state index contributed by atoms with van der Waals surface area (Å²) in [5.41, 5.74) is 2.97. The zero-order chi connectivity index (χ0) is 21.7. The van der Waals surface area contributed by atoms with E-state index >= 15 is 0 Å². The number of carbonyl (C=O) groups is 1. The average Bonchev–Trinajstić information content (AvgIpc) is 2.74. The van der Waals surface area contributed by atoms with E-state index in [1.807, 2.05) is 32.0 Å². The van der Waals surface area contributed by atoms with Gasteiger partial charge in [-0.25, -0.2) is 0 Å². The molecule has 1 heterocycles. The predicted octanol–water partition coefficient (Wildman–Crippen LogP) is 6.56. The van der Waals surface area contributed by atoms with Gasteiger partial charge in [0.25, 0.3) is 5.91 Å². The fourth-order valence-corrected chi connectivity index (χ4v) is 4.01. The average molecular weight is 426 g/mol. The maximum atomic E-state index is 13.3. The normalized spacial score (nSPS) is 11.1. The molecule has 1 amide bonds. The van der Waals surface area contributed by atoms with E-state index in [-0.39, 0.29) is 11.0 Å². The molecule has 1 aromatic heterocycles. The van der Waals surface area contributed by atoms with Crippen LogP contribution in [0, 0.1) is 0 Å². The number of hydrogen-bond acceptors (Lipinski definition) is 3. The zero-order valence-corrected chi connectivity index (χ0v) is 18.6. The van der Waals surface area contributed by atoms with Gasteiger partial charge in [-0.05, 0) is 54.7 Å². The number of hydrogen-bond donors (Lipinski definition) is 1. The van der Waals surface area contributed by atoms with Crippen LogP contribution >= 0.6 is 11.6 Å². The third-order valence-corrected chi connectivity index (χ3v) is 5.59. The van der Waals surface area contributed by atoms with Gasteiger partial charge in [-0.15, -0.1) is 0 Å². The second-order valence-electron chi connectivity index (χ2n) is 7.44. The predicted molar refractivity (Wildman–Crippen MR) is 124 cm³/mol. The lowest BCUT2D eigenvalue weighted by atomic mass is 10.0. The third kappa shape index (κ3) is 4.59. The number of nitrogens with one attached hydrogen (secondary N) is 1. The number of amides is 1. The fourth-order valence-electron chi connectivity index (χ4n) is 3.75. The van der Waals surface area contributed by atoms with Crippen LogP contribution in [0.5, 0.6) is 0 Å². The topological polar surface area (TPSA) is 59.3 Å². The first kappa shape index (κ1) is 22.1. The van der Waals surface area contributed by atoms with Crippen LogP contribution in [-0.2, 0) is 19.3 Å². The molecule has 0 spiro atoms. The first-order chi connectivity index (χ1) is 14.5. The van der Waals surface area contributed by atoms with Crippen molar-refractivity contribution in [2.75, 3.05) is 5.32 Å². The molecule has 0 saturated heterocycles. The molecule has 0 radical (unpaired) electrons. The first-order valence-corrected chi connectivity index (χ1v) is 11.0. The van der Waals surface area contributed by atoms with E-state index in [0.717, 1.165) is 48.9 Å². The van der Waals surface area contributed by atoms with Gasteiger partial charge in [-0.3, -0.25) is 9.59 Å². The lowest BCUT2D eigenvalue weighted by Crippen LogP contribution is -2.25. The van der Waals surface area contributed by atoms with Crippen LogP contribution in [0.2, 0.25) is 5.02 Å². The van der Waals surface area contributed by atoms with Crippen LogP contribution in [-0.4, -0.2) is 5.91 Å².